The predicted molar refractivity (Wildman–Crippen MR) is 151 cm³/mol. The maximum absolute atomic E-state index is 11.9. The molecule has 0 bridgehead atoms. The molecule has 4 nitrogen and oxygen atoms in total. The van der Waals surface area contributed by atoms with Crippen LogP contribution in [0, 0.1) is 56.7 Å². The summed E-state index contributed by atoms with van der Waals surface area (Å²) in [7, 11) is 0. The van der Waals surface area contributed by atoms with Gasteiger partial charge in [-0.3, -0.25) is 9.59 Å². The molecule has 0 aliphatic heterocycles. The second-order valence-electron chi connectivity index (χ2n) is 15.8. The third kappa shape index (κ3) is 3.80. The van der Waals surface area contributed by atoms with Crippen LogP contribution in [0.1, 0.15) is 120 Å². The topological polar surface area (TPSA) is 52.6 Å². The van der Waals surface area contributed by atoms with E-state index in [1.54, 1.807) is 13.8 Å². The fraction of sp³-hybridized carbons (Fsp3) is 0.882. The number of hydrogen-bond donors (Lipinski definition) is 0. The summed E-state index contributed by atoms with van der Waals surface area (Å²) in [5.74, 6) is 2.76. The largest absolute Gasteiger partial charge is 0.465 e. The van der Waals surface area contributed by atoms with Crippen LogP contribution in [0.2, 0.25) is 0 Å². The van der Waals surface area contributed by atoms with Gasteiger partial charge in [0.1, 0.15) is 6.10 Å². The minimum Gasteiger partial charge on any atom is -0.465 e. The molecule has 5 aliphatic carbocycles. The molecule has 0 N–H and O–H groups in total. The summed E-state index contributed by atoms with van der Waals surface area (Å²) in [5, 5.41) is 0. The molecule has 5 rings (SSSR count). The van der Waals surface area contributed by atoms with Gasteiger partial charge in [-0.1, -0.05) is 46.8 Å². The first-order valence-electron chi connectivity index (χ1n) is 15.6. The lowest BCUT2D eigenvalue weighted by molar-refractivity contribution is -0.252. The molecule has 0 aromatic rings. The average molecular weight is 527 g/mol. The molecule has 0 aromatic heterocycles. The minimum absolute atomic E-state index is 0.00000109. The fourth-order valence-corrected chi connectivity index (χ4v) is 12.2. The second kappa shape index (κ2) is 9.10. The van der Waals surface area contributed by atoms with Crippen molar-refractivity contribution in [2.24, 2.45) is 56.7 Å². The van der Waals surface area contributed by atoms with Gasteiger partial charge in [0.25, 0.3) is 0 Å². The van der Waals surface area contributed by atoms with Crippen LogP contribution >= 0.6 is 0 Å². The van der Waals surface area contributed by atoms with E-state index in [4.69, 9.17) is 9.47 Å². The van der Waals surface area contributed by atoms with Crippen molar-refractivity contribution in [1.82, 2.24) is 0 Å². The molecule has 0 aromatic carbocycles. The summed E-state index contributed by atoms with van der Waals surface area (Å²) < 4.78 is 11.7. The van der Waals surface area contributed by atoms with Gasteiger partial charge in [0.05, 0.1) is 6.61 Å². The van der Waals surface area contributed by atoms with Gasteiger partial charge < -0.3 is 9.47 Å². The van der Waals surface area contributed by atoms with Crippen molar-refractivity contribution in [2.45, 2.75) is 126 Å². The molecule has 38 heavy (non-hydrogen) atoms. The Kier molecular flexibility index (Phi) is 6.76. The van der Waals surface area contributed by atoms with Crippen LogP contribution in [0.5, 0.6) is 0 Å². The summed E-state index contributed by atoms with van der Waals surface area (Å²) in [6.45, 7) is 23.1. The van der Waals surface area contributed by atoms with Gasteiger partial charge in [-0.2, -0.15) is 0 Å². The van der Waals surface area contributed by atoms with E-state index in [0.29, 0.717) is 41.6 Å². The Morgan fingerprint density at radius 1 is 0.763 bits per heavy atom. The highest BCUT2D eigenvalue weighted by atomic mass is 16.5. The lowest BCUT2D eigenvalue weighted by Gasteiger charge is -2.73. The first-order valence-corrected chi connectivity index (χ1v) is 15.6. The van der Waals surface area contributed by atoms with Gasteiger partial charge in [-0.15, -0.1) is 0 Å². The van der Waals surface area contributed by atoms with E-state index in [2.05, 4.69) is 48.1 Å². The molecule has 10 atom stereocenters. The molecule has 4 heteroatoms. The number of esters is 2. The molecule has 0 saturated heterocycles. The number of ether oxygens (including phenoxy) is 2. The third-order valence-corrected chi connectivity index (χ3v) is 14.0. The van der Waals surface area contributed by atoms with Crippen molar-refractivity contribution >= 4 is 11.9 Å². The van der Waals surface area contributed by atoms with Gasteiger partial charge in [-0.25, -0.2) is 0 Å². The zero-order valence-corrected chi connectivity index (χ0v) is 25.6. The van der Waals surface area contributed by atoms with Gasteiger partial charge >= 0.3 is 11.9 Å². The van der Waals surface area contributed by atoms with Crippen LogP contribution in [-0.4, -0.2) is 24.6 Å². The first kappa shape index (κ1) is 28.2. The summed E-state index contributed by atoms with van der Waals surface area (Å²) >= 11 is 0. The Bertz CT molecular complexity index is 998. The normalized spacial score (nSPS) is 49.1. The number of rotatable bonds is 4. The summed E-state index contributed by atoms with van der Waals surface area (Å²) in [6.07, 6.45) is 12.0. The molecular weight excluding hydrogens is 472 g/mol. The standard InChI is InChI=1S/C34H54O4/c1-21(2)24-12-17-34(20-37-22(3)35)19-18-32(8)25(29(24)34)10-11-27-31(7)15-14-28(38-23(4)36)30(5,6)26(31)13-16-33(27,32)9/h24-29H,1,10-20H2,2-9H3/t24?,25?,26?,27?,28-,29?,31-,32+,33+,34+/m0/s1. The highest BCUT2D eigenvalue weighted by Gasteiger charge is 2.71. The highest BCUT2D eigenvalue weighted by Crippen LogP contribution is 2.77. The van der Waals surface area contributed by atoms with E-state index in [-0.39, 0.29) is 39.7 Å². The molecule has 0 heterocycles. The maximum atomic E-state index is 11.9. The predicted octanol–water partition coefficient (Wildman–Crippen LogP) is 8.14. The molecule has 0 radical (unpaired) electrons. The van der Waals surface area contributed by atoms with Gasteiger partial charge in [0.15, 0.2) is 0 Å². The van der Waals surface area contributed by atoms with Crippen molar-refractivity contribution in [3.63, 3.8) is 0 Å². The molecule has 5 unspecified atom stereocenters. The van der Waals surface area contributed by atoms with E-state index in [1.165, 1.54) is 56.9 Å². The molecule has 0 spiro atoms. The van der Waals surface area contributed by atoms with Crippen LogP contribution < -0.4 is 0 Å². The monoisotopic (exact) mass is 526 g/mol. The van der Waals surface area contributed by atoms with E-state index < -0.39 is 0 Å². The van der Waals surface area contributed by atoms with Crippen LogP contribution in [0.4, 0.5) is 0 Å². The number of carbonyl (C=O) groups excluding carboxylic acids is 2. The summed E-state index contributed by atoms with van der Waals surface area (Å²) in [6, 6.07) is 0. The summed E-state index contributed by atoms with van der Waals surface area (Å²) in [4.78, 5) is 23.8. The molecular formula is C34H54O4. The van der Waals surface area contributed by atoms with Crippen molar-refractivity contribution in [1.29, 1.82) is 0 Å². The van der Waals surface area contributed by atoms with Crippen LogP contribution in [0.15, 0.2) is 12.2 Å². The third-order valence-electron chi connectivity index (χ3n) is 14.0. The van der Waals surface area contributed by atoms with Crippen molar-refractivity contribution in [3.05, 3.63) is 12.2 Å². The van der Waals surface area contributed by atoms with Crippen molar-refractivity contribution in [2.75, 3.05) is 6.61 Å². The average Bonchev–Trinajstić information content (AvgIpc) is 3.20. The Hall–Kier alpha value is -1.32. The Balaban J connectivity index is 1.49. The lowest BCUT2D eigenvalue weighted by Crippen LogP contribution is -2.67. The Labute approximate surface area is 232 Å². The van der Waals surface area contributed by atoms with E-state index in [1.807, 2.05) is 0 Å². The van der Waals surface area contributed by atoms with Crippen LogP contribution in [-0.2, 0) is 19.1 Å². The minimum atomic E-state index is -0.140. The quantitative estimate of drug-likeness (QED) is 0.274. The highest BCUT2D eigenvalue weighted by molar-refractivity contribution is 5.66. The van der Waals surface area contributed by atoms with Crippen molar-refractivity contribution < 1.29 is 19.1 Å². The van der Waals surface area contributed by atoms with Crippen LogP contribution in [0.25, 0.3) is 0 Å². The molecule has 5 fully saturated rings. The van der Waals surface area contributed by atoms with Gasteiger partial charge in [0, 0.05) is 24.7 Å². The van der Waals surface area contributed by atoms with Crippen molar-refractivity contribution in [3.8, 4) is 0 Å². The van der Waals surface area contributed by atoms with Gasteiger partial charge in [0.2, 0.25) is 0 Å². The molecule has 214 valence electrons. The number of allylic oxidation sites excluding steroid dienone is 1. The molecule has 0 amide bonds. The Morgan fingerprint density at radius 3 is 2.11 bits per heavy atom. The van der Waals surface area contributed by atoms with E-state index in [0.717, 1.165) is 12.8 Å². The number of hydrogen-bond acceptors (Lipinski definition) is 4. The summed E-state index contributed by atoms with van der Waals surface area (Å²) in [5.41, 5.74) is 2.30. The smallest absolute Gasteiger partial charge is 0.302 e. The first-order chi connectivity index (χ1) is 17.6. The molecule has 5 saturated carbocycles. The van der Waals surface area contributed by atoms with E-state index >= 15 is 0 Å². The number of fused-ring (bicyclic) bond motifs is 7. The SMILES string of the molecule is C=C(C)C1CC[C@]2(COC(C)=O)CC[C@]3(C)C(CCC4[C@@]5(C)CC[C@H](OC(C)=O)C(C)(C)C5CC[C@]43C)C12. The Morgan fingerprint density at radius 2 is 1.47 bits per heavy atom. The zero-order chi connectivity index (χ0) is 27.9. The molecule has 5 aliphatic rings. The maximum Gasteiger partial charge on any atom is 0.302 e. The van der Waals surface area contributed by atoms with E-state index in [9.17, 15) is 9.59 Å². The lowest BCUT2D eigenvalue weighted by atomic mass is 9.32. The zero-order valence-electron chi connectivity index (χ0n) is 25.6. The van der Waals surface area contributed by atoms with Gasteiger partial charge in [-0.05, 0) is 117 Å². The number of carbonyl (C=O) groups is 2. The van der Waals surface area contributed by atoms with Crippen LogP contribution in [0.3, 0.4) is 0 Å². The second-order valence-corrected chi connectivity index (χ2v) is 15.8. The fourth-order valence-electron chi connectivity index (χ4n) is 12.2.